The smallest absolute Gasteiger partial charge is 0.164 e. The Bertz CT molecular complexity index is 367. The van der Waals surface area contributed by atoms with Gasteiger partial charge in [0.2, 0.25) is 0 Å². The lowest BCUT2D eigenvalue weighted by atomic mass is 10.0. The Morgan fingerprint density at radius 3 is 2.71 bits per heavy atom. The molecule has 0 unspecified atom stereocenters. The second-order valence-corrected chi connectivity index (χ2v) is 4.20. The van der Waals surface area contributed by atoms with Gasteiger partial charge in [-0.25, -0.2) is 0 Å². The fourth-order valence-electron chi connectivity index (χ4n) is 1.62. The molecule has 2 heteroatoms. The summed E-state index contributed by atoms with van der Waals surface area (Å²) in [5.41, 5.74) is 1.95. The Labute approximate surface area is 89.1 Å². The van der Waals surface area contributed by atoms with E-state index >= 15 is 0 Å². The molecule has 1 aliphatic carbocycles. The summed E-state index contributed by atoms with van der Waals surface area (Å²) in [6, 6.07) is 5.84. The molecule has 1 nitrogen and oxygen atoms in total. The molecule has 74 valence electrons. The van der Waals surface area contributed by atoms with Crippen LogP contribution in [0.15, 0.2) is 18.2 Å². The molecule has 0 N–H and O–H groups in total. The van der Waals surface area contributed by atoms with Crippen molar-refractivity contribution >= 4 is 17.4 Å². The first-order valence-electron chi connectivity index (χ1n) is 5.05. The van der Waals surface area contributed by atoms with E-state index in [0.29, 0.717) is 22.9 Å². The van der Waals surface area contributed by atoms with Crippen LogP contribution >= 0.6 is 11.6 Å². The third-order valence-electron chi connectivity index (χ3n) is 2.66. The van der Waals surface area contributed by atoms with E-state index < -0.39 is 0 Å². The number of hydrogen-bond donors (Lipinski definition) is 0. The zero-order valence-electron chi connectivity index (χ0n) is 8.22. The van der Waals surface area contributed by atoms with Gasteiger partial charge in [0.25, 0.3) is 0 Å². The van der Waals surface area contributed by atoms with Crippen LogP contribution in [0.3, 0.4) is 0 Å². The fraction of sp³-hybridized carbons (Fsp3) is 0.417. The highest BCUT2D eigenvalue weighted by atomic mass is 35.5. The highest BCUT2D eigenvalue weighted by Crippen LogP contribution is 2.41. The molecule has 14 heavy (non-hydrogen) atoms. The second-order valence-electron chi connectivity index (χ2n) is 3.79. The van der Waals surface area contributed by atoms with Crippen LogP contribution in [0.2, 0.25) is 5.02 Å². The van der Waals surface area contributed by atoms with Gasteiger partial charge in [-0.3, -0.25) is 4.79 Å². The van der Waals surface area contributed by atoms with Gasteiger partial charge in [-0.1, -0.05) is 24.6 Å². The van der Waals surface area contributed by atoms with Crippen LogP contribution in [0.4, 0.5) is 0 Å². The van der Waals surface area contributed by atoms with Gasteiger partial charge in [0.15, 0.2) is 5.78 Å². The molecule has 1 saturated carbocycles. The van der Waals surface area contributed by atoms with E-state index in [1.807, 2.05) is 25.1 Å². The summed E-state index contributed by atoms with van der Waals surface area (Å²) >= 11 is 6.05. The first-order chi connectivity index (χ1) is 6.72. The van der Waals surface area contributed by atoms with Crippen molar-refractivity contribution in [3.63, 3.8) is 0 Å². The minimum absolute atomic E-state index is 0.123. The third-order valence-corrected chi connectivity index (χ3v) is 2.98. The molecule has 0 saturated heterocycles. The second kappa shape index (κ2) is 3.74. The number of rotatable bonds is 3. The standard InChI is InChI=1S/C12H13ClO/c1-2-12(14)10-6-5-9(7-11(10)13)8-3-4-8/h5-8H,2-4H2,1H3. The van der Waals surface area contributed by atoms with E-state index in [1.54, 1.807) is 0 Å². The number of Topliss-reactive ketones (excluding diaryl/α,β-unsaturated/α-hetero) is 1. The number of benzene rings is 1. The molecular formula is C12H13ClO. The van der Waals surface area contributed by atoms with Crippen molar-refractivity contribution in [2.45, 2.75) is 32.1 Å². The monoisotopic (exact) mass is 208 g/mol. The molecule has 0 aromatic heterocycles. The lowest BCUT2D eigenvalue weighted by Gasteiger charge is -2.04. The normalized spacial score (nSPS) is 15.6. The van der Waals surface area contributed by atoms with E-state index in [-0.39, 0.29) is 5.78 Å². The number of carbonyl (C=O) groups excluding carboxylic acids is 1. The average molecular weight is 209 g/mol. The van der Waals surface area contributed by atoms with Gasteiger partial charge in [-0.15, -0.1) is 0 Å². The van der Waals surface area contributed by atoms with Crippen molar-refractivity contribution < 1.29 is 4.79 Å². The first-order valence-corrected chi connectivity index (χ1v) is 5.42. The van der Waals surface area contributed by atoms with Crippen LogP contribution in [0.25, 0.3) is 0 Å². The molecule has 1 fully saturated rings. The average Bonchev–Trinajstić information content (AvgIpc) is 3.00. The number of hydrogen-bond acceptors (Lipinski definition) is 1. The SMILES string of the molecule is CCC(=O)c1ccc(C2CC2)cc1Cl. The highest BCUT2D eigenvalue weighted by molar-refractivity contribution is 6.34. The summed E-state index contributed by atoms with van der Waals surface area (Å²) in [4.78, 5) is 11.4. The Kier molecular flexibility index (Phi) is 2.60. The molecule has 1 aromatic carbocycles. The van der Waals surface area contributed by atoms with E-state index in [0.717, 1.165) is 0 Å². The van der Waals surface area contributed by atoms with Crippen LogP contribution in [0.5, 0.6) is 0 Å². The lowest BCUT2D eigenvalue weighted by Crippen LogP contribution is -1.97. The fourth-order valence-corrected chi connectivity index (χ4v) is 1.91. The summed E-state index contributed by atoms with van der Waals surface area (Å²) in [6.07, 6.45) is 3.04. The Balaban J connectivity index is 2.30. The summed E-state index contributed by atoms with van der Waals surface area (Å²) in [6.45, 7) is 1.85. The largest absolute Gasteiger partial charge is 0.294 e. The van der Waals surface area contributed by atoms with Crippen molar-refractivity contribution in [1.82, 2.24) is 0 Å². The Hall–Kier alpha value is -0.820. The van der Waals surface area contributed by atoms with Crippen LogP contribution in [-0.4, -0.2) is 5.78 Å². The van der Waals surface area contributed by atoms with Gasteiger partial charge in [0.1, 0.15) is 0 Å². The van der Waals surface area contributed by atoms with Crippen molar-refractivity contribution in [1.29, 1.82) is 0 Å². The van der Waals surface area contributed by atoms with E-state index in [2.05, 4.69) is 0 Å². The third kappa shape index (κ3) is 1.83. The number of halogens is 1. The molecule has 0 radical (unpaired) electrons. The Morgan fingerprint density at radius 2 is 2.21 bits per heavy atom. The van der Waals surface area contributed by atoms with Crippen molar-refractivity contribution in [2.75, 3.05) is 0 Å². The lowest BCUT2D eigenvalue weighted by molar-refractivity contribution is 0.0988. The molecule has 2 rings (SSSR count). The van der Waals surface area contributed by atoms with Crippen LogP contribution in [-0.2, 0) is 0 Å². The molecule has 0 bridgehead atoms. The zero-order valence-corrected chi connectivity index (χ0v) is 8.97. The van der Waals surface area contributed by atoms with Crippen LogP contribution in [0, 0.1) is 0 Å². The van der Waals surface area contributed by atoms with Gasteiger partial charge in [-0.05, 0) is 36.5 Å². The molecule has 0 heterocycles. The summed E-state index contributed by atoms with van der Waals surface area (Å²) < 4.78 is 0. The maximum Gasteiger partial charge on any atom is 0.164 e. The number of ketones is 1. The minimum Gasteiger partial charge on any atom is -0.294 e. The topological polar surface area (TPSA) is 17.1 Å². The summed E-state index contributed by atoms with van der Waals surface area (Å²) in [7, 11) is 0. The van der Waals surface area contributed by atoms with Crippen LogP contribution in [0.1, 0.15) is 48.0 Å². The molecule has 0 atom stereocenters. The molecule has 0 amide bonds. The van der Waals surface area contributed by atoms with Gasteiger partial charge >= 0.3 is 0 Å². The molecular weight excluding hydrogens is 196 g/mol. The van der Waals surface area contributed by atoms with Crippen molar-refractivity contribution in [3.8, 4) is 0 Å². The summed E-state index contributed by atoms with van der Waals surface area (Å²) in [5, 5.41) is 0.612. The van der Waals surface area contributed by atoms with Gasteiger partial charge in [-0.2, -0.15) is 0 Å². The van der Waals surface area contributed by atoms with E-state index in [9.17, 15) is 4.79 Å². The molecule has 0 aliphatic heterocycles. The zero-order chi connectivity index (χ0) is 10.1. The predicted octanol–water partition coefficient (Wildman–Crippen LogP) is 3.81. The van der Waals surface area contributed by atoms with Crippen molar-refractivity contribution in [2.24, 2.45) is 0 Å². The summed E-state index contributed by atoms with van der Waals surface area (Å²) in [5.74, 6) is 0.815. The van der Waals surface area contributed by atoms with E-state index in [4.69, 9.17) is 11.6 Å². The van der Waals surface area contributed by atoms with Crippen molar-refractivity contribution in [3.05, 3.63) is 34.3 Å². The molecule has 1 aromatic rings. The first kappa shape index (κ1) is 9.72. The van der Waals surface area contributed by atoms with Crippen LogP contribution < -0.4 is 0 Å². The number of carbonyl (C=O) groups is 1. The minimum atomic E-state index is 0.123. The predicted molar refractivity (Wildman–Crippen MR) is 58.0 cm³/mol. The van der Waals surface area contributed by atoms with E-state index in [1.165, 1.54) is 18.4 Å². The Morgan fingerprint density at radius 1 is 1.50 bits per heavy atom. The van der Waals surface area contributed by atoms with Gasteiger partial charge < -0.3 is 0 Å². The highest BCUT2D eigenvalue weighted by Gasteiger charge is 2.24. The molecule has 1 aliphatic rings. The maximum absolute atomic E-state index is 11.4. The maximum atomic E-state index is 11.4. The quantitative estimate of drug-likeness (QED) is 0.691. The van der Waals surface area contributed by atoms with Gasteiger partial charge in [0.05, 0.1) is 5.02 Å². The van der Waals surface area contributed by atoms with Gasteiger partial charge in [0, 0.05) is 12.0 Å². The molecule has 0 spiro atoms.